The molecule has 0 saturated carbocycles. The van der Waals surface area contributed by atoms with Crippen LogP contribution in [0.1, 0.15) is 38.2 Å². The van der Waals surface area contributed by atoms with Crippen LogP contribution in [0.4, 0.5) is 0 Å². The molecule has 1 N–H and O–H groups in total. The topological polar surface area (TPSA) is 56.7 Å². The highest BCUT2D eigenvalue weighted by Crippen LogP contribution is 2.15. The van der Waals surface area contributed by atoms with Crippen LogP contribution in [0.2, 0.25) is 0 Å². The van der Waals surface area contributed by atoms with E-state index in [0.29, 0.717) is 19.5 Å². The fourth-order valence-corrected chi connectivity index (χ4v) is 2.96. The van der Waals surface area contributed by atoms with E-state index in [0.717, 1.165) is 18.7 Å². The van der Waals surface area contributed by atoms with E-state index in [1.165, 1.54) is 19.3 Å². The first-order valence-electron chi connectivity index (χ1n) is 8.25. The lowest BCUT2D eigenvalue weighted by Gasteiger charge is -2.35. The Balaban J connectivity index is 2.01. The first kappa shape index (κ1) is 16.9. The predicted octanol–water partition coefficient (Wildman–Crippen LogP) is 1.67. The van der Waals surface area contributed by atoms with Gasteiger partial charge in [-0.25, -0.2) is 0 Å². The second-order valence-electron chi connectivity index (χ2n) is 5.97. The number of piperidine rings is 1. The van der Waals surface area contributed by atoms with Crippen molar-refractivity contribution in [3.05, 3.63) is 30.1 Å². The molecule has 0 spiro atoms. The Morgan fingerprint density at radius 2 is 2.00 bits per heavy atom. The fourth-order valence-electron chi connectivity index (χ4n) is 2.96. The van der Waals surface area contributed by atoms with Gasteiger partial charge >= 0.3 is 0 Å². The van der Waals surface area contributed by atoms with Crippen LogP contribution in [-0.4, -0.2) is 58.1 Å². The molecular weight excluding hydrogens is 278 g/mol. The van der Waals surface area contributed by atoms with E-state index in [4.69, 9.17) is 5.11 Å². The number of hydrogen-bond donors (Lipinski definition) is 1. The van der Waals surface area contributed by atoms with E-state index in [2.05, 4.69) is 9.88 Å². The lowest BCUT2D eigenvalue weighted by Crippen LogP contribution is -2.48. The number of likely N-dealkylation sites (tertiary alicyclic amines) is 1. The standard InChI is InChI=1S/C17H27N3O2/c1-15(19-10-3-2-4-11-19)17(22)20(12-5-13-21)14-16-6-8-18-9-7-16/h6-9,15,21H,2-5,10-14H2,1H3/t15-/m1/s1. The van der Waals surface area contributed by atoms with Gasteiger partial charge in [0.25, 0.3) is 0 Å². The second-order valence-corrected chi connectivity index (χ2v) is 5.97. The normalized spacial score (nSPS) is 17.2. The van der Waals surface area contributed by atoms with Crippen molar-refractivity contribution in [2.24, 2.45) is 0 Å². The summed E-state index contributed by atoms with van der Waals surface area (Å²) in [5.41, 5.74) is 1.08. The van der Waals surface area contributed by atoms with E-state index < -0.39 is 0 Å². The van der Waals surface area contributed by atoms with Crippen molar-refractivity contribution in [1.29, 1.82) is 0 Å². The van der Waals surface area contributed by atoms with E-state index in [1.807, 2.05) is 24.0 Å². The van der Waals surface area contributed by atoms with Gasteiger partial charge in [-0.2, -0.15) is 0 Å². The van der Waals surface area contributed by atoms with Crippen LogP contribution in [0, 0.1) is 0 Å². The predicted molar refractivity (Wildman–Crippen MR) is 86.2 cm³/mol. The summed E-state index contributed by atoms with van der Waals surface area (Å²) in [6, 6.07) is 3.79. The molecule has 1 aliphatic rings. The second kappa shape index (κ2) is 8.86. The number of rotatable bonds is 7. The molecule has 1 aromatic rings. The number of pyridine rings is 1. The summed E-state index contributed by atoms with van der Waals surface area (Å²) < 4.78 is 0. The number of amides is 1. The molecule has 1 saturated heterocycles. The first-order valence-corrected chi connectivity index (χ1v) is 8.25. The van der Waals surface area contributed by atoms with Crippen molar-refractivity contribution in [2.75, 3.05) is 26.2 Å². The zero-order chi connectivity index (χ0) is 15.8. The molecule has 0 bridgehead atoms. The van der Waals surface area contributed by atoms with Crippen LogP contribution in [-0.2, 0) is 11.3 Å². The molecule has 22 heavy (non-hydrogen) atoms. The van der Waals surface area contributed by atoms with Gasteiger partial charge in [-0.3, -0.25) is 14.7 Å². The monoisotopic (exact) mass is 305 g/mol. The zero-order valence-electron chi connectivity index (χ0n) is 13.4. The third-order valence-electron chi connectivity index (χ3n) is 4.32. The number of carbonyl (C=O) groups is 1. The number of aliphatic hydroxyl groups is 1. The Morgan fingerprint density at radius 3 is 2.64 bits per heavy atom. The number of aromatic nitrogens is 1. The zero-order valence-corrected chi connectivity index (χ0v) is 13.4. The molecule has 2 rings (SSSR count). The number of hydrogen-bond acceptors (Lipinski definition) is 4. The Hall–Kier alpha value is -1.46. The fraction of sp³-hybridized carbons (Fsp3) is 0.647. The van der Waals surface area contributed by atoms with Gasteiger partial charge in [0.15, 0.2) is 0 Å². The highest BCUT2D eigenvalue weighted by Gasteiger charge is 2.26. The minimum atomic E-state index is -0.0826. The number of nitrogens with zero attached hydrogens (tertiary/aromatic N) is 3. The van der Waals surface area contributed by atoms with Gasteiger partial charge in [-0.15, -0.1) is 0 Å². The van der Waals surface area contributed by atoms with E-state index >= 15 is 0 Å². The molecule has 0 aliphatic carbocycles. The molecule has 1 aliphatic heterocycles. The summed E-state index contributed by atoms with van der Waals surface area (Å²) in [6.07, 6.45) is 7.74. The van der Waals surface area contributed by atoms with E-state index in [1.54, 1.807) is 12.4 Å². The summed E-state index contributed by atoms with van der Waals surface area (Å²) in [7, 11) is 0. The van der Waals surface area contributed by atoms with Crippen molar-refractivity contribution >= 4 is 5.91 Å². The molecule has 1 atom stereocenters. The van der Waals surface area contributed by atoms with Gasteiger partial charge in [0.2, 0.25) is 5.91 Å². The van der Waals surface area contributed by atoms with Crippen molar-refractivity contribution < 1.29 is 9.90 Å². The molecule has 1 fully saturated rings. The summed E-state index contributed by atoms with van der Waals surface area (Å²) in [4.78, 5) is 21.0. The minimum Gasteiger partial charge on any atom is -0.396 e. The SMILES string of the molecule is C[C@H](C(=O)N(CCCO)Cc1ccncc1)N1CCCCC1. The quantitative estimate of drug-likeness (QED) is 0.832. The molecule has 0 radical (unpaired) electrons. The highest BCUT2D eigenvalue weighted by atomic mass is 16.3. The van der Waals surface area contributed by atoms with Gasteiger partial charge in [-0.05, 0) is 57.0 Å². The molecule has 5 nitrogen and oxygen atoms in total. The van der Waals surface area contributed by atoms with Crippen LogP contribution in [0.3, 0.4) is 0 Å². The number of aliphatic hydroxyl groups excluding tert-OH is 1. The Kier molecular flexibility index (Phi) is 6.80. The average molecular weight is 305 g/mol. The van der Waals surface area contributed by atoms with Gasteiger partial charge in [-0.1, -0.05) is 6.42 Å². The Bertz CT molecular complexity index is 446. The van der Waals surface area contributed by atoms with Crippen molar-refractivity contribution in [1.82, 2.24) is 14.8 Å². The Morgan fingerprint density at radius 1 is 1.32 bits per heavy atom. The van der Waals surface area contributed by atoms with Crippen molar-refractivity contribution in [3.8, 4) is 0 Å². The van der Waals surface area contributed by atoms with Crippen LogP contribution >= 0.6 is 0 Å². The highest BCUT2D eigenvalue weighted by molar-refractivity contribution is 5.81. The molecule has 1 amide bonds. The molecule has 122 valence electrons. The lowest BCUT2D eigenvalue weighted by molar-refractivity contribution is -0.137. The molecule has 1 aromatic heterocycles. The van der Waals surface area contributed by atoms with Gasteiger partial charge in [0.1, 0.15) is 0 Å². The molecule has 0 aromatic carbocycles. The van der Waals surface area contributed by atoms with Crippen LogP contribution in [0.15, 0.2) is 24.5 Å². The van der Waals surface area contributed by atoms with Crippen LogP contribution in [0.25, 0.3) is 0 Å². The molecular formula is C17H27N3O2. The smallest absolute Gasteiger partial charge is 0.239 e. The molecule has 2 heterocycles. The van der Waals surface area contributed by atoms with Crippen molar-refractivity contribution in [2.45, 2.75) is 45.2 Å². The van der Waals surface area contributed by atoms with Gasteiger partial charge in [0, 0.05) is 32.1 Å². The van der Waals surface area contributed by atoms with Gasteiger partial charge < -0.3 is 10.0 Å². The molecule has 0 unspecified atom stereocenters. The molecule has 5 heteroatoms. The average Bonchev–Trinajstić information content (AvgIpc) is 2.59. The van der Waals surface area contributed by atoms with Crippen LogP contribution in [0.5, 0.6) is 0 Å². The minimum absolute atomic E-state index is 0.0826. The van der Waals surface area contributed by atoms with Gasteiger partial charge in [0.05, 0.1) is 6.04 Å². The summed E-state index contributed by atoms with van der Waals surface area (Å²) >= 11 is 0. The summed E-state index contributed by atoms with van der Waals surface area (Å²) in [5, 5.41) is 9.09. The first-order chi connectivity index (χ1) is 10.7. The largest absolute Gasteiger partial charge is 0.396 e. The maximum Gasteiger partial charge on any atom is 0.239 e. The van der Waals surface area contributed by atoms with Crippen molar-refractivity contribution in [3.63, 3.8) is 0 Å². The maximum absolute atomic E-state index is 12.8. The number of carbonyl (C=O) groups excluding carboxylic acids is 1. The van der Waals surface area contributed by atoms with E-state index in [-0.39, 0.29) is 18.6 Å². The summed E-state index contributed by atoms with van der Waals surface area (Å²) in [5.74, 6) is 0.159. The third-order valence-corrected chi connectivity index (χ3v) is 4.32. The van der Waals surface area contributed by atoms with Crippen LogP contribution < -0.4 is 0 Å². The lowest BCUT2D eigenvalue weighted by atomic mass is 10.1. The maximum atomic E-state index is 12.8. The Labute approximate surface area is 132 Å². The van der Waals surface area contributed by atoms with E-state index in [9.17, 15) is 4.79 Å². The summed E-state index contributed by atoms with van der Waals surface area (Å²) in [6.45, 7) is 5.31. The third kappa shape index (κ3) is 4.78.